The number of para-hydroxylation sites is 1. The first-order chi connectivity index (χ1) is 12.8. The number of halogens is 1. The third-order valence-electron chi connectivity index (χ3n) is 4.15. The zero-order valence-corrected chi connectivity index (χ0v) is 16.5. The maximum Gasteiger partial charge on any atom is 0.130 e. The Labute approximate surface area is 163 Å². The van der Waals surface area contributed by atoms with Crippen molar-refractivity contribution in [3.63, 3.8) is 0 Å². The van der Waals surface area contributed by atoms with Gasteiger partial charge in [0.2, 0.25) is 0 Å². The molecule has 0 bridgehead atoms. The van der Waals surface area contributed by atoms with E-state index >= 15 is 0 Å². The Hall–Kier alpha value is -2.26. The number of aryl methyl sites for hydroxylation is 1. The van der Waals surface area contributed by atoms with Crippen LogP contribution in [0.25, 0.3) is 11.1 Å². The molecule has 0 atom stereocenters. The summed E-state index contributed by atoms with van der Waals surface area (Å²) in [7, 11) is 0. The van der Waals surface area contributed by atoms with Gasteiger partial charge in [0.25, 0.3) is 0 Å². The lowest BCUT2D eigenvalue weighted by Crippen LogP contribution is -2.01. The van der Waals surface area contributed by atoms with Gasteiger partial charge in [0.05, 0.1) is 6.61 Å². The minimum atomic E-state index is 0.575. The summed E-state index contributed by atoms with van der Waals surface area (Å²) in [5.74, 6) is 1.83. The highest BCUT2D eigenvalue weighted by Crippen LogP contribution is 2.34. The topological polar surface area (TPSA) is 18.5 Å². The second-order valence-corrected chi connectivity index (χ2v) is 6.93. The summed E-state index contributed by atoms with van der Waals surface area (Å²) in [5, 5.41) is 0.946. The van der Waals surface area contributed by atoms with Crippen LogP contribution in [0.4, 0.5) is 0 Å². The Kier molecular flexibility index (Phi) is 6.73. The summed E-state index contributed by atoms with van der Waals surface area (Å²) in [5.41, 5.74) is 4.57. The summed E-state index contributed by atoms with van der Waals surface area (Å²) >= 11 is 3.45. The second kappa shape index (κ2) is 9.44. The summed E-state index contributed by atoms with van der Waals surface area (Å²) in [6.45, 7) is 3.37. The van der Waals surface area contributed by atoms with Gasteiger partial charge in [-0.05, 0) is 42.2 Å². The molecule has 0 saturated carbocycles. The lowest BCUT2D eigenvalue weighted by atomic mass is 10.0. The van der Waals surface area contributed by atoms with E-state index in [0.29, 0.717) is 13.2 Å². The van der Waals surface area contributed by atoms with E-state index in [0.717, 1.165) is 45.5 Å². The average Bonchev–Trinajstić information content (AvgIpc) is 2.69. The SMILES string of the molecule is Cc1cccc(-c2ccc(OCc3ccccc3)cc2)c1OCCCBr. The van der Waals surface area contributed by atoms with Crippen molar-refractivity contribution in [1.82, 2.24) is 0 Å². The molecule has 2 nitrogen and oxygen atoms in total. The minimum absolute atomic E-state index is 0.575. The maximum absolute atomic E-state index is 6.04. The summed E-state index contributed by atoms with van der Waals surface area (Å²) in [4.78, 5) is 0. The molecule has 0 N–H and O–H groups in total. The molecule has 3 aromatic rings. The van der Waals surface area contributed by atoms with Gasteiger partial charge in [-0.25, -0.2) is 0 Å². The van der Waals surface area contributed by atoms with Gasteiger partial charge in [-0.2, -0.15) is 0 Å². The first kappa shape index (κ1) is 18.5. The number of benzene rings is 3. The Bertz CT molecular complexity index is 813. The molecule has 0 aliphatic carbocycles. The standard InChI is InChI=1S/C23H23BrO2/c1-18-7-5-10-22(23(18)25-16-6-15-24)20-11-13-21(14-12-20)26-17-19-8-3-2-4-9-19/h2-5,7-14H,6,15-17H2,1H3. The quantitative estimate of drug-likeness (QED) is 0.315. The summed E-state index contributed by atoms with van der Waals surface area (Å²) < 4.78 is 11.9. The van der Waals surface area contributed by atoms with E-state index in [1.54, 1.807) is 0 Å². The second-order valence-electron chi connectivity index (χ2n) is 6.14. The van der Waals surface area contributed by atoms with E-state index in [1.807, 2.05) is 30.3 Å². The van der Waals surface area contributed by atoms with E-state index in [1.165, 1.54) is 0 Å². The lowest BCUT2D eigenvalue weighted by Gasteiger charge is -2.14. The van der Waals surface area contributed by atoms with Crippen molar-refractivity contribution in [1.29, 1.82) is 0 Å². The van der Waals surface area contributed by atoms with Crippen LogP contribution in [0.2, 0.25) is 0 Å². The first-order valence-electron chi connectivity index (χ1n) is 8.83. The van der Waals surface area contributed by atoms with Crippen LogP contribution in [0.15, 0.2) is 72.8 Å². The van der Waals surface area contributed by atoms with E-state index in [-0.39, 0.29) is 0 Å². The maximum atomic E-state index is 6.04. The molecule has 3 heteroatoms. The van der Waals surface area contributed by atoms with Crippen LogP contribution in [0.3, 0.4) is 0 Å². The molecule has 0 spiro atoms. The number of ether oxygens (including phenoxy) is 2. The van der Waals surface area contributed by atoms with Crippen LogP contribution in [0.1, 0.15) is 17.5 Å². The molecule has 134 valence electrons. The number of hydrogen-bond acceptors (Lipinski definition) is 2. The number of rotatable bonds is 8. The smallest absolute Gasteiger partial charge is 0.130 e. The molecule has 3 rings (SSSR count). The fourth-order valence-electron chi connectivity index (χ4n) is 2.77. The fraction of sp³-hybridized carbons (Fsp3) is 0.217. The summed E-state index contributed by atoms with van der Waals surface area (Å²) in [6, 6.07) is 24.7. The largest absolute Gasteiger partial charge is 0.493 e. The monoisotopic (exact) mass is 410 g/mol. The van der Waals surface area contributed by atoms with Gasteiger partial charge in [0, 0.05) is 10.9 Å². The molecule has 0 radical (unpaired) electrons. The predicted octanol–water partition coefficient (Wildman–Crippen LogP) is 6.40. The molecule has 0 fully saturated rings. The fourth-order valence-corrected chi connectivity index (χ4v) is 3.00. The minimum Gasteiger partial charge on any atom is -0.493 e. The highest BCUT2D eigenvalue weighted by molar-refractivity contribution is 9.09. The number of hydrogen-bond donors (Lipinski definition) is 0. The number of alkyl halides is 1. The third kappa shape index (κ3) is 4.89. The molecule has 0 saturated heterocycles. The van der Waals surface area contributed by atoms with Crippen molar-refractivity contribution in [3.8, 4) is 22.6 Å². The van der Waals surface area contributed by atoms with Gasteiger partial charge < -0.3 is 9.47 Å². The van der Waals surface area contributed by atoms with Crippen LogP contribution in [-0.2, 0) is 6.61 Å². The molecule has 0 heterocycles. The van der Waals surface area contributed by atoms with Crippen LogP contribution >= 0.6 is 15.9 Å². The van der Waals surface area contributed by atoms with Crippen molar-refractivity contribution in [2.24, 2.45) is 0 Å². The highest BCUT2D eigenvalue weighted by Gasteiger charge is 2.09. The van der Waals surface area contributed by atoms with Crippen molar-refractivity contribution < 1.29 is 9.47 Å². The predicted molar refractivity (Wildman–Crippen MR) is 111 cm³/mol. The molecule has 0 aliphatic rings. The van der Waals surface area contributed by atoms with Gasteiger partial charge in [-0.1, -0.05) is 76.6 Å². The van der Waals surface area contributed by atoms with Crippen molar-refractivity contribution in [3.05, 3.63) is 83.9 Å². The molecule has 0 amide bonds. The van der Waals surface area contributed by atoms with Gasteiger partial charge in [-0.3, -0.25) is 0 Å². The van der Waals surface area contributed by atoms with Gasteiger partial charge in [-0.15, -0.1) is 0 Å². The van der Waals surface area contributed by atoms with E-state index < -0.39 is 0 Å². The van der Waals surface area contributed by atoms with Crippen LogP contribution in [0, 0.1) is 6.92 Å². The Morgan fingerprint density at radius 3 is 2.31 bits per heavy atom. The molecule has 26 heavy (non-hydrogen) atoms. The zero-order valence-electron chi connectivity index (χ0n) is 15.0. The van der Waals surface area contributed by atoms with Crippen molar-refractivity contribution in [2.75, 3.05) is 11.9 Å². The van der Waals surface area contributed by atoms with E-state index in [2.05, 4.69) is 65.3 Å². The Morgan fingerprint density at radius 2 is 1.58 bits per heavy atom. The van der Waals surface area contributed by atoms with Crippen LogP contribution < -0.4 is 9.47 Å². The molecular weight excluding hydrogens is 388 g/mol. The molecule has 0 aliphatic heterocycles. The third-order valence-corrected chi connectivity index (χ3v) is 4.71. The normalized spacial score (nSPS) is 10.5. The Balaban J connectivity index is 1.73. The molecule has 3 aromatic carbocycles. The van der Waals surface area contributed by atoms with Crippen molar-refractivity contribution >= 4 is 15.9 Å². The summed E-state index contributed by atoms with van der Waals surface area (Å²) in [6.07, 6.45) is 0.986. The van der Waals surface area contributed by atoms with E-state index in [4.69, 9.17) is 9.47 Å². The van der Waals surface area contributed by atoms with Gasteiger partial charge in [0.15, 0.2) is 0 Å². The van der Waals surface area contributed by atoms with E-state index in [9.17, 15) is 0 Å². The molecule has 0 unspecified atom stereocenters. The lowest BCUT2D eigenvalue weighted by molar-refractivity contribution is 0.306. The Morgan fingerprint density at radius 1 is 0.808 bits per heavy atom. The van der Waals surface area contributed by atoms with Crippen LogP contribution in [0.5, 0.6) is 11.5 Å². The molecular formula is C23H23BrO2. The average molecular weight is 411 g/mol. The van der Waals surface area contributed by atoms with Crippen LogP contribution in [-0.4, -0.2) is 11.9 Å². The first-order valence-corrected chi connectivity index (χ1v) is 9.95. The van der Waals surface area contributed by atoms with Gasteiger partial charge >= 0.3 is 0 Å². The molecule has 0 aromatic heterocycles. The zero-order chi connectivity index (χ0) is 18.2. The van der Waals surface area contributed by atoms with Gasteiger partial charge in [0.1, 0.15) is 18.1 Å². The highest BCUT2D eigenvalue weighted by atomic mass is 79.9. The van der Waals surface area contributed by atoms with Crippen molar-refractivity contribution in [2.45, 2.75) is 20.0 Å².